The first-order valence-corrected chi connectivity index (χ1v) is 10.5. The van der Waals surface area contributed by atoms with Gasteiger partial charge in [0, 0.05) is 17.8 Å². The number of hydrogen-bond acceptors (Lipinski definition) is 4. The van der Waals surface area contributed by atoms with Crippen LogP contribution in [-0.4, -0.2) is 27.5 Å². The van der Waals surface area contributed by atoms with E-state index in [1.165, 1.54) is 18.2 Å². The van der Waals surface area contributed by atoms with Crippen LogP contribution in [0.4, 0.5) is 5.69 Å². The highest BCUT2D eigenvalue weighted by Crippen LogP contribution is 2.18. The standard InChI is InChI=1S/C21H26N2O4S/c1-4-13-22-28(25,26)20-10-8-18(9-11-20)23-21(24)17-6-5-7-19(15-17)27-14-12-16(2)3/h4-11,15-16,22H,1,12-14H2,2-3H3,(H,23,24). The van der Waals surface area contributed by atoms with Gasteiger partial charge in [-0.3, -0.25) is 4.79 Å². The molecule has 0 atom stereocenters. The molecule has 2 aromatic carbocycles. The minimum atomic E-state index is -3.59. The third-order valence-electron chi connectivity index (χ3n) is 3.90. The Morgan fingerprint density at radius 3 is 2.54 bits per heavy atom. The molecule has 0 aliphatic heterocycles. The summed E-state index contributed by atoms with van der Waals surface area (Å²) in [5.41, 5.74) is 0.963. The summed E-state index contributed by atoms with van der Waals surface area (Å²) < 4.78 is 32.2. The van der Waals surface area contributed by atoms with Gasteiger partial charge < -0.3 is 10.1 Å². The van der Waals surface area contributed by atoms with Gasteiger partial charge in [-0.25, -0.2) is 13.1 Å². The van der Waals surface area contributed by atoms with Crippen molar-refractivity contribution in [3.05, 3.63) is 66.7 Å². The fourth-order valence-electron chi connectivity index (χ4n) is 2.31. The summed E-state index contributed by atoms with van der Waals surface area (Å²) in [6, 6.07) is 12.9. The van der Waals surface area contributed by atoms with Gasteiger partial charge in [0.1, 0.15) is 5.75 Å². The molecule has 7 heteroatoms. The van der Waals surface area contributed by atoms with Crippen molar-refractivity contribution in [2.24, 2.45) is 5.92 Å². The monoisotopic (exact) mass is 402 g/mol. The van der Waals surface area contributed by atoms with E-state index in [2.05, 4.69) is 30.5 Å². The molecule has 0 aromatic heterocycles. The third-order valence-corrected chi connectivity index (χ3v) is 5.34. The van der Waals surface area contributed by atoms with Crippen LogP contribution in [0, 0.1) is 5.92 Å². The molecule has 0 saturated carbocycles. The molecule has 150 valence electrons. The van der Waals surface area contributed by atoms with E-state index in [9.17, 15) is 13.2 Å². The van der Waals surface area contributed by atoms with Crippen LogP contribution in [0.3, 0.4) is 0 Å². The highest BCUT2D eigenvalue weighted by atomic mass is 32.2. The molecule has 0 bridgehead atoms. The fourth-order valence-corrected chi connectivity index (χ4v) is 3.31. The Morgan fingerprint density at radius 2 is 1.89 bits per heavy atom. The third kappa shape index (κ3) is 6.51. The molecule has 0 heterocycles. The summed E-state index contributed by atoms with van der Waals surface area (Å²) in [7, 11) is -3.59. The number of rotatable bonds is 10. The van der Waals surface area contributed by atoms with Crippen molar-refractivity contribution in [2.75, 3.05) is 18.5 Å². The van der Waals surface area contributed by atoms with Gasteiger partial charge in [0.2, 0.25) is 10.0 Å². The minimum absolute atomic E-state index is 0.118. The first-order chi connectivity index (χ1) is 13.3. The van der Waals surface area contributed by atoms with Crippen LogP contribution in [0.2, 0.25) is 0 Å². The molecule has 1 amide bonds. The van der Waals surface area contributed by atoms with Crippen LogP contribution in [0.5, 0.6) is 5.75 Å². The average molecular weight is 403 g/mol. The highest BCUT2D eigenvalue weighted by molar-refractivity contribution is 7.89. The van der Waals surface area contributed by atoms with Gasteiger partial charge in [0.05, 0.1) is 11.5 Å². The summed E-state index contributed by atoms with van der Waals surface area (Å²) in [6.07, 6.45) is 2.40. The Kier molecular flexibility index (Phi) is 7.78. The largest absolute Gasteiger partial charge is 0.494 e. The molecule has 2 N–H and O–H groups in total. The number of carbonyl (C=O) groups excluding carboxylic acids is 1. The second-order valence-corrected chi connectivity index (χ2v) is 8.44. The van der Waals surface area contributed by atoms with Gasteiger partial charge in [-0.05, 0) is 54.8 Å². The Hall–Kier alpha value is -2.64. The number of amides is 1. The molecule has 0 unspecified atom stereocenters. The van der Waals surface area contributed by atoms with Crippen molar-refractivity contribution in [3.8, 4) is 5.75 Å². The molecule has 0 radical (unpaired) electrons. The zero-order chi connectivity index (χ0) is 20.6. The SMILES string of the molecule is C=CCNS(=O)(=O)c1ccc(NC(=O)c2cccc(OCCC(C)C)c2)cc1. The summed E-state index contributed by atoms with van der Waals surface area (Å²) in [6.45, 7) is 8.47. The van der Waals surface area contributed by atoms with Crippen LogP contribution in [0.1, 0.15) is 30.6 Å². The van der Waals surface area contributed by atoms with E-state index in [4.69, 9.17) is 4.74 Å². The summed E-state index contributed by atoms with van der Waals surface area (Å²) in [5.74, 6) is 0.892. The Balaban J connectivity index is 2.02. The second-order valence-electron chi connectivity index (χ2n) is 6.68. The quantitative estimate of drug-likeness (QED) is 0.592. The van der Waals surface area contributed by atoms with Crippen molar-refractivity contribution in [3.63, 3.8) is 0 Å². The number of hydrogen-bond donors (Lipinski definition) is 2. The maximum atomic E-state index is 12.5. The molecule has 28 heavy (non-hydrogen) atoms. The van der Waals surface area contributed by atoms with Gasteiger partial charge in [0.15, 0.2) is 0 Å². The number of benzene rings is 2. The van der Waals surface area contributed by atoms with Gasteiger partial charge in [-0.2, -0.15) is 0 Å². The van der Waals surface area contributed by atoms with E-state index in [0.717, 1.165) is 6.42 Å². The lowest BCUT2D eigenvalue weighted by Crippen LogP contribution is -2.23. The van der Waals surface area contributed by atoms with Gasteiger partial charge in [0.25, 0.3) is 5.91 Å². The Morgan fingerprint density at radius 1 is 1.18 bits per heavy atom. The van der Waals surface area contributed by atoms with E-state index in [0.29, 0.717) is 29.5 Å². The zero-order valence-electron chi connectivity index (χ0n) is 16.1. The van der Waals surface area contributed by atoms with E-state index in [1.54, 1.807) is 30.3 Å². The van der Waals surface area contributed by atoms with Crippen LogP contribution < -0.4 is 14.8 Å². The van der Waals surface area contributed by atoms with Crippen LogP contribution in [0.15, 0.2) is 66.1 Å². The predicted molar refractivity (Wildman–Crippen MR) is 111 cm³/mol. The molecular weight excluding hydrogens is 376 g/mol. The van der Waals surface area contributed by atoms with Gasteiger partial charge in [-0.15, -0.1) is 6.58 Å². The average Bonchev–Trinajstić information content (AvgIpc) is 2.67. The lowest BCUT2D eigenvalue weighted by atomic mass is 10.1. The first-order valence-electron chi connectivity index (χ1n) is 9.06. The van der Waals surface area contributed by atoms with Crippen molar-refractivity contribution in [1.82, 2.24) is 4.72 Å². The van der Waals surface area contributed by atoms with Crippen LogP contribution in [-0.2, 0) is 10.0 Å². The number of sulfonamides is 1. The highest BCUT2D eigenvalue weighted by Gasteiger charge is 2.13. The molecule has 6 nitrogen and oxygen atoms in total. The maximum Gasteiger partial charge on any atom is 0.255 e. The maximum absolute atomic E-state index is 12.5. The fraction of sp³-hybridized carbons (Fsp3) is 0.286. The molecule has 0 saturated heterocycles. The smallest absolute Gasteiger partial charge is 0.255 e. The topological polar surface area (TPSA) is 84.5 Å². The second kappa shape index (κ2) is 10.1. The molecule has 2 rings (SSSR count). The van der Waals surface area contributed by atoms with E-state index in [-0.39, 0.29) is 17.3 Å². The molecule has 0 fully saturated rings. The van der Waals surface area contributed by atoms with Crippen molar-refractivity contribution < 1.29 is 17.9 Å². The van der Waals surface area contributed by atoms with Gasteiger partial charge in [-0.1, -0.05) is 26.0 Å². The number of nitrogens with one attached hydrogen (secondary N) is 2. The van der Waals surface area contributed by atoms with Crippen LogP contribution >= 0.6 is 0 Å². The number of anilines is 1. The first kappa shape index (κ1) is 21.7. The van der Waals surface area contributed by atoms with E-state index < -0.39 is 10.0 Å². The van der Waals surface area contributed by atoms with Crippen LogP contribution in [0.25, 0.3) is 0 Å². The molecule has 2 aromatic rings. The predicted octanol–water partition coefficient (Wildman–Crippen LogP) is 3.83. The normalized spacial score (nSPS) is 11.2. The number of carbonyl (C=O) groups is 1. The molecular formula is C21H26N2O4S. The molecule has 0 aliphatic rings. The minimum Gasteiger partial charge on any atom is -0.494 e. The summed E-state index contributed by atoms with van der Waals surface area (Å²) >= 11 is 0. The molecule has 0 aliphatic carbocycles. The van der Waals surface area contributed by atoms with Crippen molar-refractivity contribution in [2.45, 2.75) is 25.2 Å². The summed E-state index contributed by atoms with van der Waals surface area (Å²) in [5, 5.41) is 2.76. The lowest BCUT2D eigenvalue weighted by Gasteiger charge is -2.10. The zero-order valence-corrected chi connectivity index (χ0v) is 17.0. The van der Waals surface area contributed by atoms with E-state index in [1.807, 2.05) is 6.07 Å². The van der Waals surface area contributed by atoms with Gasteiger partial charge >= 0.3 is 0 Å². The Labute approximate surface area is 166 Å². The Bertz CT molecular complexity index is 906. The number of ether oxygens (including phenoxy) is 1. The van der Waals surface area contributed by atoms with Crippen molar-refractivity contribution in [1.29, 1.82) is 0 Å². The lowest BCUT2D eigenvalue weighted by molar-refractivity contribution is 0.102. The van der Waals surface area contributed by atoms with E-state index >= 15 is 0 Å². The van der Waals surface area contributed by atoms with Crippen molar-refractivity contribution >= 4 is 21.6 Å². The summed E-state index contributed by atoms with van der Waals surface area (Å²) in [4.78, 5) is 12.6. The molecule has 0 spiro atoms.